The molecule has 1 aliphatic heterocycles. The van der Waals surface area contributed by atoms with Gasteiger partial charge >= 0.3 is 6.09 Å². The minimum absolute atomic E-state index is 0.0158. The molecule has 0 spiro atoms. The lowest BCUT2D eigenvalue weighted by Gasteiger charge is -2.42. The normalized spacial score (nSPS) is 24.6. The first-order valence-electron chi connectivity index (χ1n) is 7.89. The van der Waals surface area contributed by atoms with Crippen molar-refractivity contribution in [1.82, 2.24) is 4.90 Å². The molecule has 7 nitrogen and oxygen atoms in total. The summed E-state index contributed by atoms with van der Waals surface area (Å²) in [5.74, 6) is 0.433. The molecule has 1 aromatic carbocycles. The number of amides is 1. The van der Waals surface area contributed by atoms with Crippen LogP contribution in [0.15, 0.2) is 18.2 Å². The number of benzene rings is 1. The van der Waals surface area contributed by atoms with Gasteiger partial charge in [0.15, 0.2) is 0 Å². The van der Waals surface area contributed by atoms with Crippen LogP contribution in [0.2, 0.25) is 0 Å². The number of carbonyl (C=O) groups excluding carboxylic acids is 1. The second-order valence-corrected chi connectivity index (χ2v) is 7.07. The zero-order valence-corrected chi connectivity index (χ0v) is 14.6. The number of anilines is 1. The zero-order chi connectivity index (χ0) is 18.1. The number of hydrogen-bond acceptors (Lipinski definition) is 6. The van der Waals surface area contributed by atoms with Crippen LogP contribution >= 0.6 is 0 Å². The monoisotopic (exact) mass is 338 g/mol. The van der Waals surface area contributed by atoms with E-state index in [9.17, 15) is 15.0 Å². The highest BCUT2D eigenvalue weighted by molar-refractivity contribution is 5.68. The molecule has 1 aromatic rings. The van der Waals surface area contributed by atoms with E-state index in [1.165, 1.54) is 12.0 Å². The topological polar surface area (TPSA) is 105 Å². The predicted molar refractivity (Wildman–Crippen MR) is 89.7 cm³/mol. The van der Waals surface area contributed by atoms with Crippen LogP contribution < -0.4 is 10.5 Å². The number of β-amino-alcohol motifs (C(OH)–C–C–N with tert-alkyl or cyclic N) is 1. The summed E-state index contributed by atoms with van der Waals surface area (Å²) in [5, 5.41) is 21.4. The molecule has 1 saturated heterocycles. The molecule has 2 rings (SSSR count). The highest BCUT2D eigenvalue weighted by atomic mass is 16.6. The number of aliphatic hydroxyl groups is 2. The van der Waals surface area contributed by atoms with Gasteiger partial charge in [0.1, 0.15) is 23.1 Å². The number of nitrogens with two attached hydrogens (primary N) is 1. The number of hydrogen-bond donors (Lipinski definition) is 3. The lowest BCUT2D eigenvalue weighted by Crippen LogP contribution is -2.55. The van der Waals surface area contributed by atoms with Gasteiger partial charge in [0.2, 0.25) is 0 Å². The maximum atomic E-state index is 12.1. The minimum Gasteiger partial charge on any atom is -0.495 e. The molecule has 1 amide bonds. The average molecular weight is 338 g/mol. The third-order valence-corrected chi connectivity index (χ3v) is 4.09. The zero-order valence-electron chi connectivity index (χ0n) is 14.6. The number of rotatable bonds is 2. The van der Waals surface area contributed by atoms with Crippen molar-refractivity contribution < 1.29 is 24.5 Å². The molecule has 2 unspecified atom stereocenters. The summed E-state index contributed by atoms with van der Waals surface area (Å²) in [6.07, 6.45) is -1.47. The Bertz CT molecular complexity index is 613. The molecule has 24 heavy (non-hydrogen) atoms. The smallest absolute Gasteiger partial charge is 0.410 e. The summed E-state index contributed by atoms with van der Waals surface area (Å²) in [7, 11) is 1.49. The van der Waals surface area contributed by atoms with Crippen LogP contribution in [0.1, 0.15) is 32.8 Å². The van der Waals surface area contributed by atoms with Crippen LogP contribution in [-0.2, 0) is 10.3 Å². The van der Waals surface area contributed by atoms with Gasteiger partial charge in [0.25, 0.3) is 0 Å². The molecule has 2 atom stereocenters. The lowest BCUT2D eigenvalue weighted by molar-refractivity contribution is -0.123. The number of likely N-dealkylation sites (tertiary alicyclic amines) is 1. The summed E-state index contributed by atoms with van der Waals surface area (Å²) in [6, 6.07) is 4.89. The first-order chi connectivity index (χ1) is 11.1. The first-order valence-corrected chi connectivity index (χ1v) is 7.89. The Morgan fingerprint density at radius 3 is 2.62 bits per heavy atom. The van der Waals surface area contributed by atoms with Gasteiger partial charge in [-0.2, -0.15) is 0 Å². The van der Waals surface area contributed by atoms with Crippen LogP contribution in [0.3, 0.4) is 0 Å². The molecule has 0 bridgehead atoms. The SMILES string of the molecule is COc1cc(C2(O)CCN(C(=O)OC(C)(C)C)CC2O)ccc1N. The summed E-state index contributed by atoms with van der Waals surface area (Å²) in [6.45, 7) is 5.60. The van der Waals surface area contributed by atoms with E-state index < -0.39 is 23.4 Å². The maximum absolute atomic E-state index is 12.1. The standard InChI is InChI=1S/C17H26N2O5/c1-16(2,3)24-15(21)19-8-7-17(22,14(20)10-19)11-5-6-12(18)13(9-11)23-4/h5-6,9,14,20,22H,7-8,10,18H2,1-4H3. The number of nitrogens with zero attached hydrogens (tertiary/aromatic N) is 1. The lowest BCUT2D eigenvalue weighted by atomic mass is 9.82. The van der Waals surface area contributed by atoms with Gasteiger partial charge in [0, 0.05) is 13.0 Å². The van der Waals surface area contributed by atoms with Crippen molar-refractivity contribution in [3.05, 3.63) is 23.8 Å². The molecule has 0 aliphatic carbocycles. The summed E-state index contributed by atoms with van der Waals surface area (Å²) < 4.78 is 10.5. The third kappa shape index (κ3) is 3.73. The number of aliphatic hydroxyl groups excluding tert-OH is 1. The number of carbonyl (C=O) groups is 1. The van der Waals surface area contributed by atoms with E-state index in [2.05, 4.69) is 0 Å². The van der Waals surface area contributed by atoms with Crippen LogP contribution in [-0.4, -0.2) is 53.1 Å². The molecule has 7 heteroatoms. The van der Waals surface area contributed by atoms with E-state index in [0.29, 0.717) is 17.0 Å². The number of methoxy groups -OCH3 is 1. The molecule has 134 valence electrons. The van der Waals surface area contributed by atoms with E-state index in [1.54, 1.807) is 39.0 Å². The van der Waals surface area contributed by atoms with Crippen LogP contribution in [0, 0.1) is 0 Å². The molecule has 0 aromatic heterocycles. The van der Waals surface area contributed by atoms with Crippen LogP contribution in [0.25, 0.3) is 0 Å². The van der Waals surface area contributed by atoms with Gasteiger partial charge in [-0.1, -0.05) is 6.07 Å². The Morgan fingerprint density at radius 1 is 1.42 bits per heavy atom. The van der Waals surface area contributed by atoms with Gasteiger partial charge in [-0.3, -0.25) is 0 Å². The van der Waals surface area contributed by atoms with Gasteiger partial charge in [-0.05, 0) is 38.5 Å². The minimum atomic E-state index is -1.47. The van der Waals surface area contributed by atoms with Gasteiger partial charge < -0.3 is 30.3 Å². The fraction of sp³-hybridized carbons (Fsp3) is 0.588. The van der Waals surface area contributed by atoms with Crippen molar-refractivity contribution >= 4 is 11.8 Å². The largest absolute Gasteiger partial charge is 0.495 e. The van der Waals surface area contributed by atoms with E-state index in [0.717, 1.165) is 0 Å². The van der Waals surface area contributed by atoms with Crippen molar-refractivity contribution in [1.29, 1.82) is 0 Å². The molecule has 1 aliphatic rings. The maximum Gasteiger partial charge on any atom is 0.410 e. The molecule has 0 radical (unpaired) electrons. The second-order valence-electron chi connectivity index (χ2n) is 7.07. The summed E-state index contributed by atoms with van der Waals surface area (Å²) >= 11 is 0. The van der Waals surface area contributed by atoms with Crippen LogP contribution in [0.4, 0.5) is 10.5 Å². The Balaban J connectivity index is 2.16. The van der Waals surface area contributed by atoms with Gasteiger partial charge in [0.05, 0.1) is 19.3 Å². The Hall–Kier alpha value is -1.99. The fourth-order valence-corrected chi connectivity index (χ4v) is 2.73. The van der Waals surface area contributed by atoms with E-state index in [1.807, 2.05) is 0 Å². The van der Waals surface area contributed by atoms with E-state index in [-0.39, 0.29) is 19.5 Å². The number of ether oxygens (including phenoxy) is 2. The molecular formula is C17H26N2O5. The van der Waals surface area contributed by atoms with Crippen molar-refractivity contribution in [2.24, 2.45) is 0 Å². The highest BCUT2D eigenvalue weighted by Crippen LogP contribution is 2.36. The summed E-state index contributed by atoms with van der Waals surface area (Å²) in [4.78, 5) is 13.5. The van der Waals surface area contributed by atoms with Crippen LogP contribution in [0.5, 0.6) is 5.75 Å². The number of nitrogen functional groups attached to an aromatic ring is 1. The fourth-order valence-electron chi connectivity index (χ4n) is 2.73. The van der Waals surface area contributed by atoms with Gasteiger partial charge in [-0.15, -0.1) is 0 Å². The first kappa shape index (κ1) is 18.4. The molecule has 1 heterocycles. The Labute approximate surface area is 142 Å². The molecule has 1 fully saturated rings. The second kappa shape index (κ2) is 6.49. The van der Waals surface area contributed by atoms with Crippen molar-refractivity contribution in [3.8, 4) is 5.75 Å². The van der Waals surface area contributed by atoms with E-state index in [4.69, 9.17) is 15.2 Å². The average Bonchev–Trinajstić information content (AvgIpc) is 2.48. The number of piperidine rings is 1. The Kier molecular flexibility index (Phi) is 4.96. The third-order valence-electron chi connectivity index (χ3n) is 4.09. The van der Waals surface area contributed by atoms with Crippen molar-refractivity contribution in [2.75, 3.05) is 25.9 Å². The molecule has 0 saturated carbocycles. The van der Waals surface area contributed by atoms with Gasteiger partial charge in [-0.25, -0.2) is 4.79 Å². The molecule has 4 N–H and O–H groups in total. The summed E-state index contributed by atoms with van der Waals surface area (Å²) in [5.41, 5.74) is 4.66. The van der Waals surface area contributed by atoms with Crippen molar-refractivity contribution in [2.45, 2.75) is 44.5 Å². The highest BCUT2D eigenvalue weighted by Gasteiger charge is 2.44. The predicted octanol–water partition coefficient (Wildman–Crippen LogP) is 1.47. The molecular weight excluding hydrogens is 312 g/mol. The van der Waals surface area contributed by atoms with Crippen molar-refractivity contribution in [3.63, 3.8) is 0 Å². The quantitative estimate of drug-likeness (QED) is 0.705. The van der Waals surface area contributed by atoms with E-state index >= 15 is 0 Å². The Morgan fingerprint density at radius 2 is 2.08 bits per heavy atom.